The molecule has 0 N–H and O–H groups in total. The molecule has 2 nitrogen and oxygen atoms in total. The van der Waals surface area contributed by atoms with Gasteiger partial charge in [-0.15, -0.1) is 11.6 Å². The molecule has 0 aliphatic heterocycles. The fourth-order valence-electron chi connectivity index (χ4n) is 1.19. The molecule has 0 saturated heterocycles. The van der Waals surface area contributed by atoms with Gasteiger partial charge in [-0.1, -0.05) is 29.3 Å². The van der Waals surface area contributed by atoms with Crippen LogP contribution in [0.5, 0.6) is 0 Å². The van der Waals surface area contributed by atoms with E-state index in [-0.39, 0.29) is 0 Å². The first-order valence-electron chi connectivity index (χ1n) is 5.02. The summed E-state index contributed by atoms with van der Waals surface area (Å²) in [6.45, 7) is 5.33. The zero-order valence-corrected chi connectivity index (χ0v) is 12.0. The topological polar surface area (TPSA) is 26.3 Å². The van der Waals surface area contributed by atoms with E-state index in [0.717, 1.165) is 0 Å². The Balaban J connectivity index is 2.89. The third-order valence-electron chi connectivity index (χ3n) is 1.85. The lowest BCUT2D eigenvalue weighted by molar-refractivity contribution is -0.154. The van der Waals surface area contributed by atoms with Gasteiger partial charge in [0.05, 0.1) is 0 Å². The predicted molar refractivity (Wildman–Crippen MR) is 70.9 cm³/mol. The summed E-state index contributed by atoms with van der Waals surface area (Å²) >= 11 is 17.7. The number of rotatable bonds is 2. The molecule has 0 aliphatic carbocycles. The first kappa shape index (κ1) is 14.6. The van der Waals surface area contributed by atoms with E-state index in [1.165, 1.54) is 6.07 Å². The Kier molecular flexibility index (Phi) is 4.70. The fourth-order valence-corrected chi connectivity index (χ4v) is 2.00. The molecular weight excluding hydrogens is 282 g/mol. The molecule has 1 aromatic rings. The van der Waals surface area contributed by atoms with E-state index >= 15 is 0 Å². The second-order valence-corrected chi connectivity index (χ2v) is 5.84. The molecule has 0 radical (unpaired) electrons. The summed E-state index contributed by atoms with van der Waals surface area (Å²) < 4.78 is 5.18. The second-order valence-electron chi connectivity index (χ2n) is 4.56. The Hall–Kier alpha value is -0.440. The highest BCUT2D eigenvalue weighted by Crippen LogP contribution is 2.31. The maximum Gasteiger partial charge on any atom is 0.329 e. The van der Waals surface area contributed by atoms with Gasteiger partial charge < -0.3 is 4.74 Å². The number of hydrogen-bond acceptors (Lipinski definition) is 2. The second kappa shape index (κ2) is 5.47. The molecule has 1 unspecified atom stereocenters. The molecule has 0 aromatic heterocycles. The van der Waals surface area contributed by atoms with E-state index in [4.69, 9.17) is 39.5 Å². The van der Waals surface area contributed by atoms with Gasteiger partial charge >= 0.3 is 5.97 Å². The first-order valence-corrected chi connectivity index (χ1v) is 6.22. The molecule has 17 heavy (non-hydrogen) atoms. The van der Waals surface area contributed by atoms with Gasteiger partial charge in [0, 0.05) is 10.0 Å². The highest BCUT2D eigenvalue weighted by atomic mass is 35.5. The average Bonchev–Trinajstić information content (AvgIpc) is 2.14. The number of esters is 1. The van der Waals surface area contributed by atoms with Crippen LogP contribution in [0.1, 0.15) is 31.7 Å². The SMILES string of the molecule is CC(C)(C)OC(=O)C(Cl)c1ccc(Cl)cc1Cl. The molecule has 0 aliphatic rings. The maximum absolute atomic E-state index is 11.8. The standard InChI is InChI=1S/C12H13Cl3O2/c1-12(2,3)17-11(16)10(15)8-5-4-7(13)6-9(8)14/h4-6,10H,1-3H3. The Morgan fingerprint density at radius 3 is 2.35 bits per heavy atom. The van der Waals surface area contributed by atoms with Crippen molar-refractivity contribution in [3.8, 4) is 0 Å². The molecular formula is C12H13Cl3O2. The summed E-state index contributed by atoms with van der Waals surface area (Å²) in [5, 5.41) is -0.0887. The van der Waals surface area contributed by atoms with Crippen LogP contribution in [0.3, 0.4) is 0 Å². The van der Waals surface area contributed by atoms with Gasteiger partial charge in [0.1, 0.15) is 5.60 Å². The molecule has 1 rings (SSSR count). The molecule has 0 fully saturated rings. The van der Waals surface area contributed by atoms with Crippen molar-refractivity contribution in [1.29, 1.82) is 0 Å². The van der Waals surface area contributed by atoms with Crippen LogP contribution in [0, 0.1) is 0 Å². The summed E-state index contributed by atoms with van der Waals surface area (Å²) in [7, 11) is 0. The molecule has 1 atom stereocenters. The minimum absolute atomic E-state index is 0.350. The van der Waals surface area contributed by atoms with Gasteiger partial charge in [-0.2, -0.15) is 0 Å². The minimum atomic E-state index is -0.931. The van der Waals surface area contributed by atoms with Crippen molar-refractivity contribution < 1.29 is 9.53 Å². The van der Waals surface area contributed by atoms with E-state index in [1.807, 2.05) is 0 Å². The largest absolute Gasteiger partial charge is 0.459 e. The van der Waals surface area contributed by atoms with Crippen LogP contribution in [0.2, 0.25) is 10.0 Å². The van der Waals surface area contributed by atoms with Crippen molar-refractivity contribution >= 4 is 40.8 Å². The first-order chi connectivity index (χ1) is 7.70. The summed E-state index contributed by atoms with van der Waals surface area (Å²) in [6, 6.07) is 4.78. The van der Waals surface area contributed by atoms with Gasteiger partial charge in [-0.25, -0.2) is 0 Å². The van der Waals surface area contributed by atoms with Gasteiger partial charge in [0.2, 0.25) is 0 Å². The molecule has 0 bridgehead atoms. The highest BCUT2D eigenvalue weighted by molar-refractivity contribution is 6.37. The monoisotopic (exact) mass is 294 g/mol. The lowest BCUT2D eigenvalue weighted by atomic mass is 10.1. The number of benzene rings is 1. The predicted octanol–water partition coefficient (Wildman–Crippen LogP) is 4.62. The van der Waals surface area contributed by atoms with E-state index < -0.39 is 16.9 Å². The Bertz CT molecular complexity index is 424. The Labute approximate surface area is 116 Å². The number of halogens is 3. The Morgan fingerprint density at radius 1 is 1.29 bits per heavy atom. The van der Waals surface area contributed by atoms with Crippen molar-refractivity contribution in [2.75, 3.05) is 0 Å². The normalized spacial score (nSPS) is 13.3. The Morgan fingerprint density at radius 2 is 1.88 bits per heavy atom. The fraction of sp³-hybridized carbons (Fsp3) is 0.417. The number of hydrogen-bond donors (Lipinski definition) is 0. The zero-order valence-electron chi connectivity index (χ0n) is 9.76. The van der Waals surface area contributed by atoms with E-state index in [1.54, 1.807) is 32.9 Å². The third-order valence-corrected chi connectivity index (χ3v) is 2.82. The lowest BCUT2D eigenvalue weighted by Gasteiger charge is -2.21. The van der Waals surface area contributed by atoms with Crippen LogP contribution in [-0.2, 0) is 9.53 Å². The van der Waals surface area contributed by atoms with Crippen LogP contribution in [0.15, 0.2) is 18.2 Å². The molecule has 0 spiro atoms. The van der Waals surface area contributed by atoms with Gasteiger partial charge in [-0.3, -0.25) is 4.79 Å². The van der Waals surface area contributed by atoms with E-state index in [0.29, 0.717) is 15.6 Å². The van der Waals surface area contributed by atoms with Crippen molar-refractivity contribution in [1.82, 2.24) is 0 Å². The van der Waals surface area contributed by atoms with Crippen LogP contribution in [0.25, 0.3) is 0 Å². The van der Waals surface area contributed by atoms with Crippen LogP contribution >= 0.6 is 34.8 Å². The number of carbonyl (C=O) groups is 1. The zero-order chi connectivity index (χ0) is 13.2. The maximum atomic E-state index is 11.8. The molecule has 0 heterocycles. The number of carbonyl (C=O) groups excluding carboxylic acids is 1. The summed E-state index contributed by atoms with van der Waals surface area (Å²) in [6.07, 6.45) is 0. The van der Waals surface area contributed by atoms with Crippen molar-refractivity contribution in [2.45, 2.75) is 31.7 Å². The van der Waals surface area contributed by atoms with Crippen molar-refractivity contribution in [3.63, 3.8) is 0 Å². The molecule has 1 aromatic carbocycles. The average molecular weight is 296 g/mol. The van der Waals surface area contributed by atoms with Crippen molar-refractivity contribution in [3.05, 3.63) is 33.8 Å². The van der Waals surface area contributed by atoms with Gasteiger partial charge in [0.15, 0.2) is 5.38 Å². The van der Waals surface area contributed by atoms with Crippen LogP contribution in [0.4, 0.5) is 0 Å². The van der Waals surface area contributed by atoms with Gasteiger partial charge in [0.25, 0.3) is 0 Å². The van der Waals surface area contributed by atoms with Crippen molar-refractivity contribution in [2.24, 2.45) is 0 Å². The summed E-state index contributed by atoms with van der Waals surface area (Å²) in [5.41, 5.74) is -0.0877. The molecule has 94 valence electrons. The molecule has 5 heteroatoms. The number of alkyl halides is 1. The van der Waals surface area contributed by atoms with E-state index in [9.17, 15) is 4.79 Å². The van der Waals surface area contributed by atoms with Crippen LogP contribution in [-0.4, -0.2) is 11.6 Å². The quantitative estimate of drug-likeness (QED) is 0.588. The number of ether oxygens (including phenoxy) is 1. The highest BCUT2D eigenvalue weighted by Gasteiger charge is 2.26. The minimum Gasteiger partial charge on any atom is -0.459 e. The molecule has 0 saturated carbocycles. The van der Waals surface area contributed by atoms with Gasteiger partial charge in [-0.05, 0) is 38.5 Å². The third kappa shape index (κ3) is 4.38. The summed E-state index contributed by atoms with van der Waals surface area (Å²) in [5.74, 6) is -0.525. The van der Waals surface area contributed by atoms with E-state index in [2.05, 4.69) is 0 Å². The molecule has 0 amide bonds. The smallest absolute Gasteiger partial charge is 0.329 e. The van der Waals surface area contributed by atoms with Crippen LogP contribution < -0.4 is 0 Å². The summed E-state index contributed by atoms with van der Waals surface area (Å²) in [4.78, 5) is 11.8. The lowest BCUT2D eigenvalue weighted by Crippen LogP contribution is -2.26.